The van der Waals surface area contributed by atoms with Crippen LogP contribution in [0.25, 0.3) is 88.0 Å². The van der Waals surface area contributed by atoms with E-state index in [1.54, 1.807) is 42.5 Å². The zero-order chi connectivity index (χ0) is 39.4. The quantitative estimate of drug-likeness (QED) is 0.0697. The summed E-state index contributed by atoms with van der Waals surface area (Å²) in [5, 5.41) is 74.2. The Morgan fingerprint density at radius 2 is 0.857 bits per heavy atom. The molecule has 0 unspecified atom stereocenters. The molecule has 0 saturated heterocycles. The molecule has 0 aliphatic carbocycles. The molecular weight excluding hydrogens is 705 g/mol. The molecule has 8 rings (SSSR count). The Morgan fingerprint density at radius 1 is 0.393 bits per heavy atom. The standard InChI is InChI=1S/C48H34O8/c1-25(49)45(51)41-40(37-24-33-22-18-29-10-5-6-12-34(29)38(33)36-14-8-7-13-35(36)37)42(46(52)26(2)50)44(48(55)56)39(43(41)47(53)54)30-19-15-28(16-20-30)32-21-17-27-9-3-4-11-31(27)23-32/h3-24,49-52H,1-2H3,(H,53,54)(H,55,56)/b45-25-,46-26-. The summed E-state index contributed by atoms with van der Waals surface area (Å²) in [6.45, 7) is 2.34. The van der Waals surface area contributed by atoms with Crippen molar-refractivity contribution in [3.05, 3.63) is 167 Å². The number of allylic oxidation sites excluding steroid dienone is 2. The zero-order valence-corrected chi connectivity index (χ0v) is 30.2. The van der Waals surface area contributed by atoms with Crippen molar-refractivity contribution >= 4 is 66.5 Å². The number of aliphatic hydroxyl groups is 4. The summed E-state index contributed by atoms with van der Waals surface area (Å²) in [7, 11) is 0. The third-order valence-corrected chi connectivity index (χ3v) is 10.4. The molecule has 8 aromatic carbocycles. The van der Waals surface area contributed by atoms with Gasteiger partial charge in [0.1, 0.15) is 11.5 Å². The maximum absolute atomic E-state index is 13.6. The van der Waals surface area contributed by atoms with Crippen LogP contribution in [-0.2, 0) is 0 Å². The Labute approximate surface area is 320 Å². The number of benzene rings is 8. The van der Waals surface area contributed by atoms with E-state index < -0.39 is 57.2 Å². The highest BCUT2D eigenvalue weighted by molar-refractivity contribution is 6.25. The van der Waals surface area contributed by atoms with Crippen molar-refractivity contribution in [3.8, 4) is 33.4 Å². The van der Waals surface area contributed by atoms with Crippen molar-refractivity contribution < 1.29 is 40.2 Å². The minimum Gasteiger partial charge on any atom is -0.509 e. The third-order valence-electron chi connectivity index (χ3n) is 10.4. The highest BCUT2D eigenvalue weighted by Crippen LogP contribution is 2.49. The first-order valence-corrected chi connectivity index (χ1v) is 17.8. The number of aliphatic hydroxyl groups excluding tert-OH is 4. The molecule has 8 aromatic rings. The molecular formula is C48H34O8. The van der Waals surface area contributed by atoms with Gasteiger partial charge in [-0.1, -0.05) is 121 Å². The van der Waals surface area contributed by atoms with Crippen molar-refractivity contribution in [1.29, 1.82) is 0 Å². The van der Waals surface area contributed by atoms with Crippen molar-refractivity contribution in [2.45, 2.75) is 13.8 Å². The molecule has 8 heteroatoms. The van der Waals surface area contributed by atoms with Crippen LogP contribution in [0.15, 0.2) is 145 Å². The van der Waals surface area contributed by atoms with Crippen molar-refractivity contribution in [2.24, 2.45) is 0 Å². The van der Waals surface area contributed by atoms with E-state index in [9.17, 15) is 40.2 Å². The monoisotopic (exact) mass is 738 g/mol. The molecule has 0 radical (unpaired) electrons. The van der Waals surface area contributed by atoms with Gasteiger partial charge in [0.05, 0.1) is 11.1 Å². The predicted molar refractivity (Wildman–Crippen MR) is 222 cm³/mol. The van der Waals surface area contributed by atoms with Gasteiger partial charge < -0.3 is 30.6 Å². The fraction of sp³-hybridized carbons (Fsp3) is 0.0417. The van der Waals surface area contributed by atoms with E-state index in [0.29, 0.717) is 10.8 Å². The molecule has 0 spiro atoms. The number of hydrogen-bond donors (Lipinski definition) is 6. The van der Waals surface area contributed by atoms with Gasteiger partial charge in [0.2, 0.25) is 0 Å². The second kappa shape index (κ2) is 13.7. The Bertz CT molecular complexity index is 2950. The van der Waals surface area contributed by atoms with Crippen LogP contribution in [0.3, 0.4) is 0 Å². The maximum Gasteiger partial charge on any atom is 0.337 e. The molecule has 0 atom stereocenters. The molecule has 8 nitrogen and oxygen atoms in total. The van der Waals surface area contributed by atoms with Gasteiger partial charge in [-0.2, -0.15) is 0 Å². The van der Waals surface area contributed by atoms with Crippen LogP contribution in [0, 0.1) is 0 Å². The van der Waals surface area contributed by atoms with Crippen LogP contribution in [0.4, 0.5) is 0 Å². The fourth-order valence-corrected chi connectivity index (χ4v) is 7.85. The van der Waals surface area contributed by atoms with Gasteiger partial charge in [-0.25, -0.2) is 9.59 Å². The minimum absolute atomic E-state index is 0.139. The maximum atomic E-state index is 13.6. The molecule has 0 fully saturated rings. The molecule has 0 aliphatic heterocycles. The summed E-state index contributed by atoms with van der Waals surface area (Å²) in [4.78, 5) is 27.2. The second-order valence-electron chi connectivity index (χ2n) is 13.7. The normalized spacial score (nSPS) is 12.5. The third kappa shape index (κ3) is 5.72. The van der Waals surface area contributed by atoms with Crippen LogP contribution in [0.5, 0.6) is 0 Å². The van der Waals surface area contributed by atoms with E-state index in [1.807, 2.05) is 91.0 Å². The number of rotatable bonds is 7. The first-order valence-electron chi connectivity index (χ1n) is 17.8. The Hall–Kier alpha value is -7.58. The van der Waals surface area contributed by atoms with Crippen LogP contribution < -0.4 is 0 Å². The van der Waals surface area contributed by atoms with Crippen LogP contribution in [-0.4, -0.2) is 42.6 Å². The molecule has 0 saturated carbocycles. The molecule has 0 bridgehead atoms. The number of hydrogen-bond acceptors (Lipinski definition) is 6. The van der Waals surface area contributed by atoms with Crippen molar-refractivity contribution in [1.82, 2.24) is 0 Å². The van der Waals surface area contributed by atoms with E-state index in [2.05, 4.69) is 0 Å². The first kappa shape index (κ1) is 35.4. The summed E-state index contributed by atoms with van der Waals surface area (Å²) in [6, 6.07) is 41.1. The topological polar surface area (TPSA) is 156 Å². The van der Waals surface area contributed by atoms with E-state index in [0.717, 1.165) is 43.4 Å². The molecule has 56 heavy (non-hydrogen) atoms. The van der Waals surface area contributed by atoms with E-state index in [1.165, 1.54) is 13.8 Å². The van der Waals surface area contributed by atoms with Gasteiger partial charge in [-0.3, -0.25) is 0 Å². The van der Waals surface area contributed by atoms with Crippen LogP contribution in [0.2, 0.25) is 0 Å². The summed E-state index contributed by atoms with van der Waals surface area (Å²) in [5.74, 6) is -6.21. The predicted octanol–water partition coefficient (Wildman–Crippen LogP) is 12.3. The van der Waals surface area contributed by atoms with E-state index in [4.69, 9.17) is 0 Å². The number of carboxylic acid groups (broad SMARTS) is 2. The lowest BCUT2D eigenvalue weighted by atomic mass is 9.78. The average Bonchev–Trinajstić information content (AvgIpc) is 3.21. The second-order valence-corrected chi connectivity index (χ2v) is 13.7. The van der Waals surface area contributed by atoms with E-state index >= 15 is 0 Å². The number of carbonyl (C=O) groups is 2. The fourth-order valence-electron chi connectivity index (χ4n) is 7.85. The van der Waals surface area contributed by atoms with Gasteiger partial charge in [0, 0.05) is 22.3 Å². The van der Waals surface area contributed by atoms with Gasteiger partial charge >= 0.3 is 11.9 Å². The zero-order valence-electron chi connectivity index (χ0n) is 30.2. The lowest BCUT2D eigenvalue weighted by Gasteiger charge is -2.25. The Kier molecular flexibility index (Phi) is 8.66. The first-order chi connectivity index (χ1) is 27.0. The molecule has 0 heterocycles. The summed E-state index contributed by atoms with van der Waals surface area (Å²) in [5.41, 5.74) is -0.671. The van der Waals surface area contributed by atoms with Gasteiger partial charge in [0.25, 0.3) is 0 Å². The molecule has 274 valence electrons. The lowest BCUT2D eigenvalue weighted by Crippen LogP contribution is -2.17. The number of aromatic carboxylic acids is 2. The highest BCUT2D eigenvalue weighted by Gasteiger charge is 2.36. The molecule has 0 aromatic heterocycles. The van der Waals surface area contributed by atoms with Crippen molar-refractivity contribution in [2.75, 3.05) is 0 Å². The molecule has 0 aliphatic rings. The molecule has 6 N–H and O–H groups in total. The van der Waals surface area contributed by atoms with Gasteiger partial charge in [-0.05, 0) is 91.3 Å². The lowest BCUT2D eigenvalue weighted by molar-refractivity contribution is 0.0695. The average molecular weight is 739 g/mol. The summed E-state index contributed by atoms with van der Waals surface area (Å²) < 4.78 is 0. The van der Waals surface area contributed by atoms with E-state index in [-0.39, 0.29) is 22.3 Å². The van der Waals surface area contributed by atoms with Crippen molar-refractivity contribution in [3.63, 3.8) is 0 Å². The summed E-state index contributed by atoms with van der Waals surface area (Å²) >= 11 is 0. The van der Waals surface area contributed by atoms with Crippen LogP contribution >= 0.6 is 0 Å². The number of fused-ring (bicyclic) bond motifs is 6. The Morgan fingerprint density at radius 3 is 1.45 bits per heavy atom. The van der Waals surface area contributed by atoms with Gasteiger partial charge in [-0.15, -0.1) is 0 Å². The Balaban J connectivity index is 1.53. The smallest absolute Gasteiger partial charge is 0.337 e. The highest BCUT2D eigenvalue weighted by atomic mass is 16.4. The largest absolute Gasteiger partial charge is 0.509 e. The SMILES string of the molecule is C/C(O)=C(/O)c1c(C(=O)O)c(-c2ccc(-c3ccc4ccccc4c3)cc2)c(C(=O)O)c(/C(O)=C(\C)O)c1-c1cc2ccc3ccccc3c2c2ccccc12. The summed E-state index contributed by atoms with van der Waals surface area (Å²) in [6.07, 6.45) is 0. The minimum atomic E-state index is -1.60. The van der Waals surface area contributed by atoms with Crippen LogP contribution in [0.1, 0.15) is 45.7 Å². The van der Waals surface area contributed by atoms with Gasteiger partial charge in [0.15, 0.2) is 11.5 Å². The molecule has 0 amide bonds. The number of carboxylic acids is 2.